The standard InChI is InChI=1S/C50H89NO7/c1-6-8-10-12-14-16-18-20-22-23-24-25-27-28-30-32-34-36-38-40-48(52)57-45-46(44-56-43-42-47(50(54)55)51(3,4)5)58-49(53)41-39-37-35-33-31-29-26-21-19-17-15-13-11-9-7-2/h14-21,46-47H,6-13,22-45H2,1-5H3/b16-14+,17-15+,20-18+,21-19+. The molecule has 0 rings (SSSR count). The molecule has 0 spiro atoms. The van der Waals surface area contributed by atoms with Gasteiger partial charge in [-0.2, -0.15) is 0 Å². The van der Waals surface area contributed by atoms with Crippen LogP contribution < -0.4 is 5.11 Å². The summed E-state index contributed by atoms with van der Waals surface area (Å²) in [5, 5.41) is 11.6. The Labute approximate surface area is 356 Å². The van der Waals surface area contributed by atoms with Crippen LogP contribution in [0.4, 0.5) is 0 Å². The average molecular weight is 816 g/mol. The highest BCUT2D eigenvalue weighted by atomic mass is 16.6. The van der Waals surface area contributed by atoms with E-state index in [4.69, 9.17) is 14.2 Å². The second-order valence-electron chi connectivity index (χ2n) is 17.0. The molecule has 0 aliphatic rings. The summed E-state index contributed by atoms with van der Waals surface area (Å²) in [6.45, 7) is 4.60. The molecule has 0 saturated carbocycles. The molecule has 0 N–H and O–H groups in total. The van der Waals surface area contributed by atoms with Crippen molar-refractivity contribution in [1.82, 2.24) is 0 Å². The van der Waals surface area contributed by atoms with Gasteiger partial charge >= 0.3 is 11.9 Å². The van der Waals surface area contributed by atoms with E-state index in [0.29, 0.717) is 12.8 Å². The minimum absolute atomic E-state index is 0.0346. The number of allylic oxidation sites excluding steroid dienone is 8. The lowest BCUT2D eigenvalue weighted by Gasteiger charge is -2.34. The normalized spacial score (nSPS) is 13.3. The predicted molar refractivity (Wildman–Crippen MR) is 240 cm³/mol. The van der Waals surface area contributed by atoms with Gasteiger partial charge in [0.2, 0.25) is 0 Å². The molecular weight excluding hydrogens is 727 g/mol. The van der Waals surface area contributed by atoms with Gasteiger partial charge in [0, 0.05) is 19.3 Å². The highest BCUT2D eigenvalue weighted by Gasteiger charge is 2.25. The average Bonchev–Trinajstić information content (AvgIpc) is 3.18. The fourth-order valence-corrected chi connectivity index (χ4v) is 6.76. The molecule has 0 saturated heterocycles. The van der Waals surface area contributed by atoms with E-state index in [1.54, 1.807) is 21.1 Å². The number of hydrogen-bond acceptors (Lipinski definition) is 7. The number of carboxylic acid groups (broad SMARTS) is 1. The van der Waals surface area contributed by atoms with Gasteiger partial charge in [0.05, 0.1) is 40.3 Å². The van der Waals surface area contributed by atoms with Crippen LogP contribution in [0.15, 0.2) is 48.6 Å². The van der Waals surface area contributed by atoms with Gasteiger partial charge < -0.3 is 28.6 Å². The Morgan fingerprint density at radius 3 is 1.29 bits per heavy atom. The number of carbonyl (C=O) groups is 3. The fourth-order valence-electron chi connectivity index (χ4n) is 6.76. The van der Waals surface area contributed by atoms with Gasteiger partial charge in [-0.1, -0.05) is 165 Å². The molecule has 0 radical (unpaired) electrons. The number of quaternary nitrogens is 1. The molecule has 0 aliphatic heterocycles. The van der Waals surface area contributed by atoms with Crippen LogP contribution in [0.2, 0.25) is 0 Å². The molecule has 2 atom stereocenters. The minimum atomic E-state index is -1.13. The van der Waals surface area contributed by atoms with Crippen molar-refractivity contribution in [2.45, 2.75) is 212 Å². The van der Waals surface area contributed by atoms with Crippen molar-refractivity contribution in [2.75, 3.05) is 41.0 Å². The molecular formula is C50H89NO7. The summed E-state index contributed by atoms with van der Waals surface area (Å²) in [4.78, 5) is 36.9. The number of esters is 2. The summed E-state index contributed by atoms with van der Waals surface area (Å²) in [6, 6.07) is -0.729. The van der Waals surface area contributed by atoms with Crippen LogP contribution in [0.1, 0.15) is 200 Å². The molecule has 336 valence electrons. The number of hydrogen-bond donors (Lipinski definition) is 0. The smallest absolute Gasteiger partial charge is 0.306 e. The summed E-state index contributed by atoms with van der Waals surface area (Å²) in [7, 11) is 5.40. The summed E-state index contributed by atoms with van der Waals surface area (Å²) in [5.74, 6) is -1.75. The van der Waals surface area contributed by atoms with E-state index >= 15 is 0 Å². The SMILES string of the molecule is CCCCC/C=C/C=C/CCCCCCCCCCCCC(=O)OCC(COCCC(C(=O)[O-])[N+](C)(C)C)OC(=O)CCCCCCCC/C=C/C=C/CCCCC. The molecule has 0 aromatic heterocycles. The first-order valence-corrected chi connectivity index (χ1v) is 23.7. The molecule has 8 nitrogen and oxygen atoms in total. The van der Waals surface area contributed by atoms with Crippen LogP contribution >= 0.6 is 0 Å². The van der Waals surface area contributed by atoms with Crippen molar-refractivity contribution in [3.63, 3.8) is 0 Å². The Morgan fingerprint density at radius 1 is 0.517 bits per heavy atom. The first kappa shape index (κ1) is 55.3. The van der Waals surface area contributed by atoms with Crippen molar-refractivity contribution in [3.8, 4) is 0 Å². The molecule has 8 heteroatoms. The number of ether oxygens (including phenoxy) is 3. The second kappa shape index (κ2) is 41.0. The summed E-state index contributed by atoms with van der Waals surface area (Å²) >= 11 is 0. The van der Waals surface area contributed by atoms with Gasteiger partial charge in [-0.25, -0.2) is 0 Å². The third kappa shape index (κ3) is 38.8. The summed E-state index contributed by atoms with van der Waals surface area (Å²) in [5.41, 5.74) is 0. The number of aliphatic carboxylic acids is 1. The number of likely N-dealkylation sites (N-methyl/N-ethyl adjacent to an activating group) is 1. The molecule has 0 aliphatic carbocycles. The Hall–Kier alpha value is -2.71. The van der Waals surface area contributed by atoms with E-state index in [2.05, 4.69) is 62.5 Å². The van der Waals surface area contributed by atoms with Crippen LogP contribution in [0.3, 0.4) is 0 Å². The lowest BCUT2D eigenvalue weighted by Crippen LogP contribution is -2.55. The highest BCUT2D eigenvalue weighted by molar-refractivity contribution is 5.70. The second-order valence-corrected chi connectivity index (χ2v) is 17.0. The zero-order valence-corrected chi connectivity index (χ0v) is 38.2. The Morgan fingerprint density at radius 2 is 0.897 bits per heavy atom. The maximum atomic E-state index is 12.7. The van der Waals surface area contributed by atoms with E-state index in [1.807, 2.05) is 0 Å². The quantitative estimate of drug-likeness (QED) is 0.0262. The largest absolute Gasteiger partial charge is 0.544 e. The lowest BCUT2D eigenvalue weighted by atomic mass is 10.1. The van der Waals surface area contributed by atoms with Gasteiger partial charge in [-0.15, -0.1) is 0 Å². The minimum Gasteiger partial charge on any atom is -0.544 e. The third-order valence-electron chi connectivity index (χ3n) is 10.5. The zero-order chi connectivity index (χ0) is 42.8. The van der Waals surface area contributed by atoms with Crippen LogP contribution in [0, 0.1) is 0 Å². The molecule has 0 amide bonds. The Balaban J connectivity index is 4.30. The molecule has 0 fully saturated rings. The van der Waals surface area contributed by atoms with Crippen molar-refractivity contribution in [2.24, 2.45) is 0 Å². The van der Waals surface area contributed by atoms with Crippen LogP contribution in [0.25, 0.3) is 0 Å². The molecule has 2 unspecified atom stereocenters. The molecule has 0 bridgehead atoms. The molecule has 0 heterocycles. The monoisotopic (exact) mass is 816 g/mol. The highest BCUT2D eigenvalue weighted by Crippen LogP contribution is 2.14. The maximum absolute atomic E-state index is 12.7. The van der Waals surface area contributed by atoms with E-state index in [-0.39, 0.29) is 42.7 Å². The number of carbonyl (C=O) groups excluding carboxylic acids is 3. The van der Waals surface area contributed by atoms with Gasteiger partial charge in [0.25, 0.3) is 0 Å². The first-order valence-electron chi connectivity index (χ1n) is 23.7. The maximum Gasteiger partial charge on any atom is 0.306 e. The van der Waals surface area contributed by atoms with E-state index in [0.717, 1.165) is 57.8 Å². The van der Waals surface area contributed by atoms with Gasteiger partial charge in [-0.3, -0.25) is 9.59 Å². The van der Waals surface area contributed by atoms with Crippen molar-refractivity contribution >= 4 is 17.9 Å². The van der Waals surface area contributed by atoms with Crippen molar-refractivity contribution < 1.29 is 38.2 Å². The van der Waals surface area contributed by atoms with E-state index in [1.165, 1.54) is 109 Å². The Bertz CT molecular complexity index is 1090. The van der Waals surface area contributed by atoms with Crippen LogP contribution in [-0.4, -0.2) is 75.5 Å². The van der Waals surface area contributed by atoms with Gasteiger partial charge in [0.1, 0.15) is 12.6 Å². The van der Waals surface area contributed by atoms with Crippen LogP contribution in [-0.2, 0) is 28.6 Å². The summed E-state index contributed by atoms with van der Waals surface area (Å²) < 4.78 is 17.2. The van der Waals surface area contributed by atoms with Crippen molar-refractivity contribution in [1.29, 1.82) is 0 Å². The number of rotatable bonds is 42. The van der Waals surface area contributed by atoms with Crippen molar-refractivity contribution in [3.05, 3.63) is 48.6 Å². The molecule has 0 aromatic carbocycles. The number of carboxylic acids is 1. The van der Waals surface area contributed by atoms with E-state index < -0.39 is 18.1 Å². The van der Waals surface area contributed by atoms with Gasteiger partial charge in [-0.05, 0) is 64.2 Å². The number of nitrogens with zero attached hydrogens (tertiary/aromatic N) is 1. The topological polar surface area (TPSA) is 102 Å². The van der Waals surface area contributed by atoms with Gasteiger partial charge in [0.15, 0.2) is 6.10 Å². The third-order valence-corrected chi connectivity index (χ3v) is 10.5. The number of unbranched alkanes of at least 4 members (excludes halogenated alkanes) is 22. The van der Waals surface area contributed by atoms with Crippen LogP contribution in [0.5, 0.6) is 0 Å². The fraction of sp³-hybridized carbons (Fsp3) is 0.780. The predicted octanol–water partition coefficient (Wildman–Crippen LogP) is 11.9. The first-order chi connectivity index (χ1) is 28.1. The van der Waals surface area contributed by atoms with E-state index in [9.17, 15) is 19.5 Å². The Kier molecular flexibility index (Phi) is 39.1. The molecule has 58 heavy (non-hydrogen) atoms. The molecule has 0 aromatic rings. The summed E-state index contributed by atoms with van der Waals surface area (Å²) in [6.07, 6.45) is 48.4. The lowest BCUT2D eigenvalue weighted by molar-refractivity contribution is -0.889. The zero-order valence-electron chi connectivity index (χ0n) is 38.2.